The minimum Gasteiger partial charge on any atom is -0.497 e. The summed E-state index contributed by atoms with van der Waals surface area (Å²) in [7, 11) is -0.909. The van der Waals surface area contributed by atoms with Gasteiger partial charge in [0.25, 0.3) is 8.32 Å². The molecule has 254 valence electrons. The number of aliphatic hydroxyl groups is 1. The summed E-state index contributed by atoms with van der Waals surface area (Å²) >= 11 is 0. The first-order chi connectivity index (χ1) is 22.5. The summed E-state index contributed by atoms with van der Waals surface area (Å²) in [5, 5.41) is 13.6. The Bertz CT molecular complexity index is 1340. The van der Waals surface area contributed by atoms with Gasteiger partial charge in [-0.25, -0.2) is 0 Å². The SMILES string of the molecule is C=C1C[C@H](CCOCc2ccc(OC)cc2)O[C@H](C[C@H](O)CC(=C)[C@@H](C)CCO[Si](c2ccccc2)(c2ccccc2)C(C)(C)C)C1. The average Bonchev–Trinajstić information content (AvgIpc) is 3.05. The molecule has 0 spiro atoms. The van der Waals surface area contributed by atoms with Crippen molar-refractivity contribution in [3.8, 4) is 5.75 Å². The quantitative estimate of drug-likeness (QED) is 0.0907. The molecule has 1 fully saturated rings. The van der Waals surface area contributed by atoms with E-state index < -0.39 is 14.4 Å². The summed E-state index contributed by atoms with van der Waals surface area (Å²) in [5.74, 6) is 1.06. The largest absolute Gasteiger partial charge is 0.497 e. The third-order valence-electron chi connectivity index (χ3n) is 9.45. The van der Waals surface area contributed by atoms with E-state index in [0.717, 1.165) is 42.6 Å². The molecular formula is C41H56O5Si. The van der Waals surface area contributed by atoms with Crippen LogP contribution in [0.15, 0.2) is 109 Å². The van der Waals surface area contributed by atoms with Crippen molar-refractivity contribution in [2.45, 2.75) is 96.2 Å². The van der Waals surface area contributed by atoms with Crippen molar-refractivity contribution >= 4 is 18.7 Å². The van der Waals surface area contributed by atoms with E-state index in [1.807, 2.05) is 24.3 Å². The molecule has 4 rings (SSSR count). The van der Waals surface area contributed by atoms with Crippen LogP contribution in [0.3, 0.4) is 0 Å². The van der Waals surface area contributed by atoms with Gasteiger partial charge in [0.2, 0.25) is 0 Å². The highest BCUT2D eigenvalue weighted by atomic mass is 28.4. The second-order valence-electron chi connectivity index (χ2n) is 14.2. The third-order valence-corrected chi connectivity index (χ3v) is 14.5. The zero-order valence-electron chi connectivity index (χ0n) is 29.3. The number of aliphatic hydroxyl groups excluding tert-OH is 1. The minimum atomic E-state index is -2.58. The Morgan fingerprint density at radius 3 is 2.09 bits per heavy atom. The smallest absolute Gasteiger partial charge is 0.261 e. The van der Waals surface area contributed by atoms with Gasteiger partial charge in [-0.1, -0.05) is 125 Å². The van der Waals surface area contributed by atoms with E-state index in [1.54, 1.807) is 7.11 Å². The molecule has 0 aliphatic carbocycles. The van der Waals surface area contributed by atoms with Crippen molar-refractivity contribution in [2.24, 2.45) is 5.92 Å². The normalized spacial score (nSPS) is 18.5. The van der Waals surface area contributed by atoms with Gasteiger partial charge in [0, 0.05) is 19.6 Å². The molecule has 1 saturated heterocycles. The molecule has 3 aromatic carbocycles. The van der Waals surface area contributed by atoms with Crippen LogP contribution in [0.4, 0.5) is 0 Å². The van der Waals surface area contributed by atoms with Crippen LogP contribution in [0.25, 0.3) is 0 Å². The van der Waals surface area contributed by atoms with E-state index in [2.05, 4.69) is 102 Å². The topological polar surface area (TPSA) is 57.2 Å². The van der Waals surface area contributed by atoms with E-state index in [1.165, 1.54) is 15.9 Å². The number of rotatable bonds is 17. The van der Waals surface area contributed by atoms with Gasteiger partial charge in [0.15, 0.2) is 0 Å². The molecule has 4 atom stereocenters. The Labute approximate surface area is 284 Å². The molecule has 0 saturated carbocycles. The number of hydrogen-bond donors (Lipinski definition) is 1. The first-order valence-corrected chi connectivity index (χ1v) is 19.1. The van der Waals surface area contributed by atoms with Crippen molar-refractivity contribution in [2.75, 3.05) is 20.3 Å². The molecule has 1 aliphatic rings. The molecular weight excluding hydrogens is 601 g/mol. The number of hydrogen-bond acceptors (Lipinski definition) is 5. The summed E-state index contributed by atoms with van der Waals surface area (Å²) < 4.78 is 24.7. The first-order valence-electron chi connectivity index (χ1n) is 17.1. The van der Waals surface area contributed by atoms with Crippen molar-refractivity contribution < 1.29 is 23.7 Å². The summed E-state index contributed by atoms with van der Waals surface area (Å²) in [6.45, 7) is 19.6. The molecule has 0 amide bonds. The van der Waals surface area contributed by atoms with Crippen LogP contribution in [-0.2, 0) is 20.5 Å². The van der Waals surface area contributed by atoms with E-state index in [9.17, 15) is 5.11 Å². The summed E-state index contributed by atoms with van der Waals surface area (Å²) in [5.41, 5.74) is 3.35. The van der Waals surface area contributed by atoms with E-state index in [4.69, 9.17) is 18.6 Å². The maximum atomic E-state index is 11.1. The summed E-state index contributed by atoms with van der Waals surface area (Å²) in [4.78, 5) is 0. The predicted octanol–water partition coefficient (Wildman–Crippen LogP) is 8.01. The van der Waals surface area contributed by atoms with Crippen molar-refractivity contribution in [3.63, 3.8) is 0 Å². The van der Waals surface area contributed by atoms with Gasteiger partial charge in [0.1, 0.15) is 5.75 Å². The molecule has 6 heteroatoms. The van der Waals surface area contributed by atoms with E-state index >= 15 is 0 Å². The Kier molecular flexibility index (Phi) is 13.6. The lowest BCUT2D eigenvalue weighted by molar-refractivity contribution is -0.0644. The van der Waals surface area contributed by atoms with Gasteiger partial charge in [-0.15, -0.1) is 0 Å². The summed E-state index contributed by atoms with van der Waals surface area (Å²) in [6.07, 6.45) is 3.93. The second-order valence-corrected chi connectivity index (χ2v) is 18.5. The Morgan fingerprint density at radius 1 is 0.915 bits per heavy atom. The van der Waals surface area contributed by atoms with Crippen LogP contribution < -0.4 is 15.1 Å². The lowest BCUT2D eigenvalue weighted by atomic mass is 9.90. The maximum absolute atomic E-state index is 11.1. The highest BCUT2D eigenvalue weighted by molar-refractivity contribution is 6.99. The van der Waals surface area contributed by atoms with Crippen molar-refractivity contribution in [3.05, 3.63) is 115 Å². The lowest BCUT2D eigenvalue weighted by Gasteiger charge is -2.43. The van der Waals surface area contributed by atoms with Gasteiger partial charge in [0.05, 0.1) is 32.0 Å². The standard InChI is InChI=1S/C41H56O5Si/c1-31-26-37(23-24-44-30-34-18-20-36(43-7)21-19-34)46-38(27-31)29-35(42)28-33(3)32(2)22-25-45-47(41(4,5)6,39-14-10-8-11-15-39)40-16-12-9-13-17-40/h8-21,32,35,37-38,42H,1,3,22-30H2,2,4-7H3/t32-,35+,37-,38-/m0/s1. The van der Waals surface area contributed by atoms with Crippen LogP contribution in [-0.4, -0.2) is 52.1 Å². The lowest BCUT2D eigenvalue weighted by Crippen LogP contribution is -2.66. The van der Waals surface area contributed by atoms with Crippen LogP contribution in [0.1, 0.15) is 71.8 Å². The molecule has 47 heavy (non-hydrogen) atoms. The zero-order valence-corrected chi connectivity index (χ0v) is 30.3. The van der Waals surface area contributed by atoms with Gasteiger partial charge >= 0.3 is 0 Å². The molecule has 1 heterocycles. The van der Waals surface area contributed by atoms with Crippen LogP contribution in [0.5, 0.6) is 5.75 Å². The Hall–Kier alpha value is -3.00. The summed E-state index contributed by atoms with van der Waals surface area (Å²) in [6, 6.07) is 29.5. The molecule has 3 aromatic rings. The molecule has 5 nitrogen and oxygen atoms in total. The molecule has 1 aliphatic heterocycles. The van der Waals surface area contributed by atoms with Crippen LogP contribution in [0.2, 0.25) is 5.04 Å². The van der Waals surface area contributed by atoms with Gasteiger partial charge in [-0.2, -0.15) is 0 Å². The fraction of sp³-hybridized carbons (Fsp3) is 0.463. The Morgan fingerprint density at radius 2 is 1.51 bits per heavy atom. The van der Waals surface area contributed by atoms with Crippen LogP contribution >= 0.6 is 0 Å². The van der Waals surface area contributed by atoms with Gasteiger partial charge in [-0.05, 0) is 71.1 Å². The number of ether oxygens (including phenoxy) is 3. The first kappa shape index (κ1) is 36.8. The highest BCUT2D eigenvalue weighted by Crippen LogP contribution is 2.37. The fourth-order valence-corrected chi connectivity index (χ4v) is 11.4. The monoisotopic (exact) mass is 656 g/mol. The van der Waals surface area contributed by atoms with E-state index in [-0.39, 0.29) is 23.2 Å². The van der Waals surface area contributed by atoms with Gasteiger partial charge < -0.3 is 23.7 Å². The molecule has 0 bridgehead atoms. The predicted molar refractivity (Wildman–Crippen MR) is 196 cm³/mol. The minimum absolute atomic E-state index is 0.0422. The molecule has 0 aromatic heterocycles. The Balaban J connectivity index is 1.25. The number of benzene rings is 3. The molecule has 0 unspecified atom stereocenters. The highest BCUT2D eigenvalue weighted by Gasteiger charge is 2.50. The van der Waals surface area contributed by atoms with Crippen LogP contribution in [0, 0.1) is 5.92 Å². The second kappa shape index (κ2) is 17.4. The molecule has 1 N–H and O–H groups in total. The zero-order chi connectivity index (χ0) is 33.9. The van der Waals surface area contributed by atoms with Crippen molar-refractivity contribution in [1.82, 2.24) is 0 Å². The third kappa shape index (κ3) is 10.2. The van der Waals surface area contributed by atoms with Crippen molar-refractivity contribution in [1.29, 1.82) is 0 Å². The maximum Gasteiger partial charge on any atom is 0.261 e. The number of methoxy groups -OCH3 is 1. The molecule has 0 radical (unpaired) electrons. The van der Waals surface area contributed by atoms with E-state index in [0.29, 0.717) is 32.7 Å². The average molecular weight is 657 g/mol. The fourth-order valence-electron chi connectivity index (χ4n) is 6.78. The van der Waals surface area contributed by atoms with Gasteiger partial charge in [-0.3, -0.25) is 0 Å².